The van der Waals surface area contributed by atoms with Gasteiger partial charge in [0.15, 0.2) is 0 Å². The Labute approximate surface area is 118 Å². The van der Waals surface area contributed by atoms with E-state index in [9.17, 15) is 4.79 Å². The molecule has 0 bridgehead atoms. The van der Waals surface area contributed by atoms with Crippen molar-refractivity contribution in [3.8, 4) is 0 Å². The maximum absolute atomic E-state index is 12.0. The van der Waals surface area contributed by atoms with Crippen molar-refractivity contribution in [2.24, 2.45) is 5.92 Å². The molecule has 0 radical (unpaired) electrons. The van der Waals surface area contributed by atoms with Crippen LogP contribution in [0.2, 0.25) is 0 Å². The van der Waals surface area contributed by atoms with Gasteiger partial charge < -0.3 is 10.6 Å². The maximum atomic E-state index is 12.0. The van der Waals surface area contributed by atoms with Crippen LogP contribution in [0.15, 0.2) is 0 Å². The molecule has 1 heterocycles. The Hall–Kier alpha value is -0.610. The predicted molar refractivity (Wildman–Crippen MR) is 80.2 cm³/mol. The summed E-state index contributed by atoms with van der Waals surface area (Å²) in [5.74, 6) is 0.876. The lowest BCUT2D eigenvalue weighted by molar-refractivity contribution is -0.123. The van der Waals surface area contributed by atoms with Crippen LogP contribution in [0.3, 0.4) is 0 Å². The second-order valence-electron chi connectivity index (χ2n) is 5.80. The van der Waals surface area contributed by atoms with Crippen LogP contribution in [0, 0.1) is 5.92 Å². The van der Waals surface area contributed by atoms with Gasteiger partial charge in [0.2, 0.25) is 5.91 Å². The Morgan fingerprint density at radius 1 is 1.47 bits per heavy atom. The Morgan fingerprint density at radius 2 is 2.26 bits per heavy atom. The Kier molecular flexibility index (Phi) is 8.07. The number of likely N-dealkylation sites (N-methyl/N-ethyl adjacent to an activating group) is 1. The third-order valence-electron chi connectivity index (χ3n) is 3.86. The van der Waals surface area contributed by atoms with E-state index in [1.165, 1.54) is 12.8 Å². The molecule has 0 aliphatic carbocycles. The number of nitrogens with one attached hydrogen (secondary N) is 2. The van der Waals surface area contributed by atoms with E-state index in [4.69, 9.17) is 0 Å². The normalized spacial score (nSPS) is 21.4. The minimum absolute atomic E-state index is 0.173. The molecule has 2 unspecified atom stereocenters. The van der Waals surface area contributed by atoms with E-state index < -0.39 is 0 Å². The van der Waals surface area contributed by atoms with Crippen molar-refractivity contribution in [2.75, 3.05) is 32.7 Å². The molecule has 112 valence electrons. The molecule has 1 aliphatic heterocycles. The summed E-state index contributed by atoms with van der Waals surface area (Å²) in [7, 11) is 0. The summed E-state index contributed by atoms with van der Waals surface area (Å²) < 4.78 is 0. The summed E-state index contributed by atoms with van der Waals surface area (Å²) in [4.78, 5) is 14.2. The van der Waals surface area contributed by atoms with Gasteiger partial charge in [0, 0.05) is 12.6 Å². The standard InChI is InChI=1S/C15H31N3O/c1-4-7-13(3)17-15(19)12-18(5-2)11-14-8-6-9-16-10-14/h13-14,16H,4-12H2,1-3H3,(H,17,19). The molecule has 4 nitrogen and oxygen atoms in total. The minimum atomic E-state index is 0.173. The topological polar surface area (TPSA) is 44.4 Å². The first-order valence-corrected chi connectivity index (χ1v) is 7.88. The first kappa shape index (κ1) is 16.4. The Morgan fingerprint density at radius 3 is 2.84 bits per heavy atom. The number of carbonyl (C=O) groups is 1. The average molecular weight is 269 g/mol. The molecular weight excluding hydrogens is 238 g/mol. The molecule has 0 aromatic rings. The van der Waals surface area contributed by atoms with Crippen LogP contribution in [0.1, 0.15) is 46.5 Å². The zero-order chi connectivity index (χ0) is 14.1. The van der Waals surface area contributed by atoms with Crippen LogP contribution in [-0.2, 0) is 4.79 Å². The summed E-state index contributed by atoms with van der Waals surface area (Å²) in [5.41, 5.74) is 0. The zero-order valence-electron chi connectivity index (χ0n) is 12.9. The predicted octanol–water partition coefficient (Wildman–Crippen LogP) is 1.61. The van der Waals surface area contributed by atoms with Crippen LogP contribution in [0.4, 0.5) is 0 Å². The van der Waals surface area contributed by atoms with Gasteiger partial charge in [0.25, 0.3) is 0 Å². The number of hydrogen-bond acceptors (Lipinski definition) is 3. The highest BCUT2D eigenvalue weighted by Gasteiger charge is 2.18. The summed E-state index contributed by atoms with van der Waals surface area (Å²) in [6.07, 6.45) is 4.73. The van der Waals surface area contributed by atoms with Crippen molar-refractivity contribution in [1.82, 2.24) is 15.5 Å². The summed E-state index contributed by atoms with van der Waals surface area (Å²) in [5, 5.41) is 6.53. The quantitative estimate of drug-likeness (QED) is 0.704. The number of piperidine rings is 1. The monoisotopic (exact) mass is 269 g/mol. The fourth-order valence-electron chi connectivity index (χ4n) is 2.78. The fraction of sp³-hybridized carbons (Fsp3) is 0.933. The lowest BCUT2D eigenvalue weighted by Crippen LogP contribution is -2.44. The highest BCUT2D eigenvalue weighted by atomic mass is 16.2. The van der Waals surface area contributed by atoms with E-state index in [0.717, 1.165) is 39.0 Å². The molecule has 1 fully saturated rings. The molecule has 0 aromatic carbocycles. The number of rotatable bonds is 8. The van der Waals surface area contributed by atoms with E-state index in [2.05, 4.69) is 36.3 Å². The van der Waals surface area contributed by atoms with Crippen molar-refractivity contribution < 1.29 is 4.79 Å². The van der Waals surface area contributed by atoms with E-state index >= 15 is 0 Å². The molecule has 0 saturated carbocycles. The fourth-order valence-corrected chi connectivity index (χ4v) is 2.78. The lowest BCUT2D eigenvalue weighted by Gasteiger charge is -2.29. The van der Waals surface area contributed by atoms with Gasteiger partial charge in [-0.05, 0) is 51.7 Å². The van der Waals surface area contributed by atoms with Crippen molar-refractivity contribution in [3.63, 3.8) is 0 Å². The van der Waals surface area contributed by atoms with Gasteiger partial charge >= 0.3 is 0 Å². The summed E-state index contributed by atoms with van der Waals surface area (Å²) >= 11 is 0. The summed E-state index contributed by atoms with van der Waals surface area (Å²) in [6, 6.07) is 0.299. The molecule has 1 aliphatic rings. The lowest BCUT2D eigenvalue weighted by atomic mass is 9.99. The van der Waals surface area contributed by atoms with Crippen LogP contribution < -0.4 is 10.6 Å². The molecular formula is C15H31N3O. The van der Waals surface area contributed by atoms with E-state index in [-0.39, 0.29) is 5.91 Å². The molecule has 1 rings (SSSR count). The molecule has 19 heavy (non-hydrogen) atoms. The Bertz CT molecular complexity index is 252. The molecule has 2 atom stereocenters. The smallest absolute Gasteiger partial charge is 0.234 e. The number of hydrogen-bond donors (Lipinski definition) is 2. The number of nitrogens with zero attached hydrogens (tertiary/aromatic N) is 1. The van der Waals surface area contributed by atoms with Gasteiger partial charge in [-0.2, -0.15) is 0 Å². The first-order chi connectivity index (χ1) is 9.15. The molecule has 4 heteroatoms. The number of carbonyl (C=O) groups excluding carboxylic acids is 1. The van der Waals surface area contributed by atoms with Crippen LogP contribution in [0.25, 0.3) is 0 Å². The van der Waals surface area contributed by atoms with Crippen molar-refractivity contribution in [2.45, 2.75) is 52.5 Å². The SMILES string of the molecule is CCCC(C)NC(=O)CN(CC)CC1CCCNC1. The number of amides is 1. The highest BCUT2D eigenvalue weighted by molar-refractivity contribution is 5.78. The zero-order valence-corrected chi connectivity index (χ0v) is 12.9. The molecule has 1 saturated heterocycles. The van der Waals surface area contributed by atoms with Crippen molar-refractivity contribution in [3.05, 3.63) is 0 Å². The van der Waals surface area contributed by atoms with Crippen LogP contribution >= 0.6 is 0 Å². The summed E-state index contributed by atoms with van der Waals surface area (Å²) in [6.45, 7) is 11.2. The van der Waals surface area contributed by atoms with E-state index in [1.807, 2.05) is 0 Å². The van der Waals surface area contributed by atoms with Crippen LogP contribution in [0.5, 0.6) is 0 Å². The second-order valence-corrected chi connectivity index (χ2v) is 5.80. The molecule has 0 aromatic heterocycles. The Balaban J connectivity index is 2.28. The van der Waals surface area contributed by atoms with Crippen molar-refractivity contribution >= 4 is 5.91 Å². The van der Waals surface area contributed by atoms with Gasteiger partial charge in [-0.25, -0.2) is 0 Å². The average Bonchev–Trinajstić information content (AvgIpc) is 2.39. The van der Waals surface area contributed by atoms with E-state index in [1.54, 1.807) is 0 Å². The van der Waals surface area contributed by atoms with Gasteiger partial charge in [-0.15, -0.1) is 0 Å². The van der Waals surface area contributed by atoms with E-state index in [0.29, 0.717) is 18.5 Å². The highest BCUT2D eigenvalue weighted by Crippen LogP contribution is 2.11. The molecule has 2 N–H and O–H groups in total. The first-order valence-electron chi connectivity index (χ1n) is 7.88. The molecule has 0 spiro atoms. The third kappa shape index (κ3) is 6.92. The van der Waals surface area contributed by atoms with Crippen molar-refractivity contribution in [1.29, 1.82) is 0 Å². The van der Waals surface area contributed by atoms with Gasteiger partial charge in [0.05, 0.1) is 6.54 Å². The van der Waals surface area contributed by atoms with Gasteiger partial charge in [-0.1, -0.05) is 20.3 Å². The largest absolute Gasteiger partial charge is 0.353 e. The maximum Gasteiger partial charge on any atom is 0.234 e. The minimum Gasteiger partial charge on any atom is -0.353 e. The second kappa shape index (κ2) is 9.32. The van der Waals surface area contributed by atoms with Gasteiger partial charge in [-0.3, -0.25) is 9.69 Å². The molecule has 1 amide bonds. The van der Waals surface area contributed by atoms with Crippen LogP contribution in [-0.4, -0.2) is 49.6 Å². The third-order valence-corrected chi connectivity index (χ3v) is 3.86. The van der Waals surface area contributed by atoms with Gasteiger partial charge in [0.1, 0.15) is 0 Å².